The van der Waals surface area contributed by atoms with E-state index in [2.05, 4.69) is 0 Å². The smallest absolute Gasteiger partial charge is 0.744 e. The van der Waals surface area contributed by atoms with E-state index in [1.165, 1.54) is 36.4 Å². The average molecular weight is 959 g/mol. The minimum Gasteiger partial charge on any atom is -0.744 e. The zero-order valence-electron chi connectivity index (χ0n) is 32.7. The van der Waals surface area contributed by atoms with Crippen LogP contribution in [0, 0.1) is 0 Å². The van der Waals surface area contributed by atoms with E-state index in [4.69, 9.17) is 0 Å². The van der Waals surface area contributed by atoms with Gasteiger partial charge < -0.3 is 18.2 Å². The minimum atomic E-state index is -5.09. The van der Waals surface area contributed by atoms with Crippen molar-refractivity contribution in [1.29, 1.82) is 0 Å². The third kappa shape index (κ3) is 14.4. The van der Waals surface area contributed by atoms with E-state index in [0.29, 0.717) is 21.7 Å². The summed E-state index contributed by atoms with van der Waals surface area (Å²) in [6.45, 7) is 0. The zero-order valence-corrected chi connectivity index (χ0v) is 45.8. The van der Waals surface area contributed by atoms with Gasteiger partial charge in [-0.05, 0) is 108 Å². The van der Waals surface area contributed by atoms with Gasteiger partial charge in [-0.1, -0.05) is 97.1 Å². The van der Waals surface area contributed by atoms with Crippen molar-refractivity contribution in [3.8, 4) is 11.1 Å². The van der Waals surface area contributed by atoms with Gasteiger partial charge in [-0.25, -0.2) is 33.7 Å². The van der Waals surface area contributed by atoms with Crippen LogP contribution >= 0.6 is 15.8 Å². The summed E-state index contributed by atoms with van der Waals surface area (Å²) in [5.41, 5.74) is 0.926. The van der Waals surface area contributed by atoms with E-state index < -0.39 is 75.9 Å². The second-order valence-electron chi connectivity index (χ2n) is 12.3. The molecule has 2 atom stereocenters. The number of hydrogen-bond donors (Lipinski definition) is 0. The van der Waals surface area contributed by atoms with E-state index in [9.17, 15) is 51.9 Å². The quantitative estimate of drug-likeness (QED) is 0.0598. The predicted octanol–water partition coefficient (Wildman–Crippen LogP) is -7.75. The summed E-state index contributed by atoms with van der Waals surface area (Å²) in [7, 11) is -23.0. The molecule has 0 aliphatic heterocycles. The van der Waals surface area contributed by atoms with Crippen LogP contribution in [0.3, 0.4) is 0 Å². The number of rotatable bonds is 13. The molecule has 0 aliphatic carbocycles. The van der Waals surface area contributed by atoms with Gasteiger partial charge in [-0.3, -0.25) is 0 Å². The van der Waals surface area contributed by atoms with Crippen molar-refractivity contribution in [1.82, 2.24) is 0 Å². The van der Waals surface area contributed by atoms with Crippen LogP contribution in [0.1, 0.15) is 11.1 Å². The normalized spacial score (nSPS) is 12.7. The largest absolute Gasteiger partial charge is 1.00 e. The molecule has 0 amide bonds. The van der Waals surface area contributed by atoms with Gasteiger partial charge in [0.15, 0.2) is 0 Å². The second-order valence-corrected chi connectivity index (χ2v) is 22.2. The topological polar surface area (TPSA) is 229 Å². The maximum atomic E-state index is 12.4. The van der Waals surface area contributed by atoms with Crippen LogP contribution in [-0.4, -0.2) is 51.9 Å². The van der Waals surface area contributed by atoms with E-state index in [-0.39, 0.29) is 142 Å². The molecule has 60 heavy (non-hydrogen) atoms. The van der Waals surface area contributed by atoms with E-state index in [1.807, 2.05) is 0 Å². The molecule has 0 fully saturated rings. The Morgan fingerprint density at radius 3 is 0.917 bits per heavy atom. The standard InChI is InChI=1S/C38H32O12P2S4.4Na/c39-53(40,41)33-15-7-13-31(21-33)51(29-9-3-1-4-10-29)25-27-17-19-35(55(45,46)47)23-37(27)38-24-36(56(48,49)50)20-18-28(38)26-52(30-11-5-2-6-12-30)32-14-8-16-34(22-32)54(42,43)44;;;;/h1-24H,25-26H2,(H,39,40,41)(H,42,43,44)(H,45,46,47)(H,48,49,50);;;;/q;4*+1/p-4. The molecule has 6 aromatic rings. The Morgan fingerprint density at radius 2 is 0.617 bits per heavy atom. The first-order valence-corrected chi connectivity index (χ1v) is 24.9. The van der Waals surface area contributed by atoms with Gasteiger partial charge in [0, 0.05) is 12.3 Å². The van der Waals surface area contributed by atoms with Crippen LogP contribution in [0.25, 0.3) is 11.1 Å². The first-order valence-electron chi connectivity index (χ1n) is 16.2. The fraction of sp³-hybridized carbons (Fsp3) is 0.0526. The molecular formula is C38H28Na4O12P2S4. The van der Waals surface area contributed by atoms with E-state index in [0.717, 1.165) is 47.0 Å². The fourth-order valence-electron chi connectivity index (χ4n) is 6.03. The molecule has 2 unspecified atom stereocenters. The van der Waals surface area contributed by atoms with Gasteiger partial charge in [0.1, 0.15) is 40.5 Å². The van der Waals surface area contributed by atoms with Crippen LogP contribution in [-0.2, 0) is 52.8 Å². The second kappa shape index (κ2) is 23.3. The first-order chi connectivity index (χ1) is 26.3. The van der Waals surface area contributed by atoms with Crippen molar-refractivity contribution in [3.63, 3.8) is 0 Å². The first kappa shape index (κ1) is 56.0. The molecule has 6 rings (SSSR count). The Balaban J connectivity index is 0.00000310. The summed E-state index contributed by atoms with van der Waals surface area (Å²) in [4.78, 5) is -2.24. The van der Waals surface area contributed by atoms with Crippen molar-refractivity contribution in [2.75, 3.05) is 0 Å². The van der Waals surface area contributed by atoms with Crippen LogP contribution in [0.5, 0.6) is 0 Å². The maximum Gasteiger partial charge on any atom is 1.00 e. The predicted molar refractivity (Wildman–Crippen MR) is 209 cm³/mol. The molecule has 290 valence electrons. The van der Waals surface area contributed by atoms with Gasteiger partial charge in [-0.15, -0.1) is 0 Å². The molecule has 6 aromatic carbocycles. The summed E-state index contributed by atoms with van der Waals surface area (Å²) in [5.74, 6) is 0. The molecule has 0 spiro atoms. The third-order valence-electron chi connectivity index (χ3n) is 8.66. The molecular weight excluding hydrogens is 931 g/mol. The van der Waals surface area contributed by atoms with Crippen LogP contribution < -0.4 is 139 Å². The van der Waals surface area contributed by atoms with Crippen molar-refractivity contribution in [2.45, 2.75) is 31.9 Å². The summed E-state index contributed by atoms with van der Waals surface area (Å²) >= 11 is 0. The molecule has 0 radical (unpaired) electrons. The molecule has 0 aromatic heterocycles. The average Bonchev–Trinajstić information content (AvgIpc) is 3.15. The molecule has 22 heteroatoms. The maximum absolute atomic E-state index is 12.4. The van der Waals surface area contributed by atoms with Crippen LogP contribution in [0.2, 0.25) is 0 Å². The number of benzene rings is 6. The fourth-order valence-corrected chi connectivity index (χ4v) is 13.0. The molecule has 0 saturated heterocycles. The zero-order chi connectivity index (χ0) is 40.5. The molecule has 0 saturated carbocycles. The summed E-state index contributed by atoms with van der Waals surface area (Å²) in [6, 6.07) is 35.8. The third-order valence-corrected chi connectivity index (χ3v) is 16.9. The minimum absolute atomic E-state index is 0. The summed E-state index contributed by atoms with van der Waals surface area (Å²) in [6.07, 6.45) is 0.113. The van der Waals surface area contributed by atoms with Crippen LogP contribution in [0.4, 0.5) is 0 Å². The van der Waals surface area contributed by atoms with Crippen molar-refractivity contribution in [3.05, 3.63) is 157 Å². The van der Waals surface area contributed by atoms with Crippen molar-refractivity contribution in [2.24, 2.45) is 0 Å². The van der Waals surface area contributed by atoms with Gasteiger partial charge in [-0.2, -0.15) is 0 Å². The molecule has 0 heterocycles. The number of hydrogen-bond acceptors (Lipinski definition) is 12. The molecule has 0 aliphatic rings. The van der Waals surface area contributed by atoms with Gasteiger partial charge in [0.2, 0.25) is 0 Å². The van der Waals surface area contributed by atoms with Gasteiger partial charge in [0.25, 0.3) is 0 Å². The van der Waals surface area contributed by atoms with Crippen molar-refractivity contribution < 1.29 is 170 Å². The molecule has 0 N–H and O–H groups in total. The van der Waals surface area contributed by atoms with E-state index >= 15 is 0 Å². The van der Waals surface area contributed by atoms with Gasteiger partial charge >= 0.3 is 118 Å². The Morgan fingerprint density at radius 1 is 0.333 bits per heavy atom. The SMILES string of the molecule is O=S(=O)([O-])c1cccc(P(Cc2ccc(S(=O)(=O)[O-])cc2-c2cc(S(=O)(=O)[O-])ccc2CP(c2ccccc2)c2cccc(S(=O)(=O)[O-])c2)c2ccccc2)c1.[Na+].[Na+].[Na+].[Na+]. The Kier molecular flexibility index (Phi) is 21.7. The van der Waals surface area contributed by atoms with Crippen LogP contribution in [0.15, 0.2) is 165 Å². The van der Waals surface area contributed by atoms with Crippen molar-refractivity contribution >= 4 is 77.5 Å². The Labute approximate surface area is 441 Å². The summed E-state index contributed by atoms with van der Waals surface area (Å²) < 4.78 is 147. The molecule has 12 nitrogen and oxygen atoms in total. The van der Waals surface area contributed by atoms with E-state index in [1.54, 1.807) is 72.8 Å². The molecule has 0 bridgehead atoms. The Hall–Kier alpha value is -0.180. The monoisotopic (exact) mass is 958 g/mol. The summed E-state index contributed by atoms with van der Waals surface area (Å²) in [5, 5.41) is 2.38. The Bertz CT molecular complexity index is 2700. The van der Waals surface area contributed by atoms with Gasteiger partial charge in [0.05, 0.1) is 19.6 Å².